The van der Waals surface area contributed by atoms with Crippen molar-refractivity contribution in [2.75, 3.05) is 19.5 Å². The number of hydrogen-bond acceptors (Lipinski definition) is 16. The minimum absolute atomic E-state index is 0.00899. The minimum Gasteiger partial charge on any atom is -0.463 e. The summed E-state index contributed by atoms with van der Waals surface area (Å²) in [5.74, 6) is -4.18. The van der Waals surface area contributed by atoms with Crippen LogP contribution in [0.25, 0.3) is 0 Å². The number of hydrogen-bond donors (Lipinski definition) is 0. The van der Waals surface area contributed by atoms with Crippen molar-refractivity contribution < 1.29 is 71.4 Å². The second-order valence-corrected chi connectivity index (χ2v) is 9.97. The lowest BCUT2D eigenvalue weighted by Gasteiger charge is -2.44. The Bertz CT molecular complexity index is 1030. The molecule has 15 nitrogen and oxygen atoms in total. The zero-order valence-corrected chi connectivity index (χ0v) is 24.5. The van der Waals surface area contributed by atoms with E-state index in [0.29, 0.717) is 0 Å². The average Bonchev–Trinajstić information content (AvgIpc) is 2.83. The zero-order chi connectivity index (χ0) is 30.9. The quantitative estimate of drug-likeness (QED) is 0.234. The van der Waals surface area contributed by atoms with Crippen molar-refractivity contribution in [2.45, 2.75) is 89.9 Å². The first-order chi connectivity index (χ1) is 19.2. The Kier molecular flexibility index (Phi) is 13.0. The summed E-state index contributed by atoms with van der Waals surface area (Å²) in [6.07, 6.45) is -6.72. The number of methoxy groups -OCH3 is 1. The summed E-state index contributed by atoms with van der Waals surface area (Å²) in [7, 11) is 1.28. The molecule has 0 radical (unpaired) electrons. The van der Waals surface area contributed by atoms with Gasteiger partial charge in [-0.15, -0.1) is 11.8 Å². The van der Waals surface area contributed by atoms with Gasteiger partial charge in [-0.05, 0) is 0 Å². The van der Waals surface area contributed by atoms with Gasteiger partial charge in [-0.1, -0.05) is 0 Å². The van der Waals surface area contributed by atoms with Crippen molar-refractivity contribution in [2.24, 2.45) is 0 Å². The molecule has 2 rings (SSSR count). The summed E-state index contributed by atoms with van der Waals surface area (Å²) in [6, 6.07) is 0. The van der Waals surface area contributed by atoms with E-state index in [1.807, 2.05) is 0 Å². The first kappa shape index (κ1) is 34.0. The molecule has 0 aliphatic carbocycles. The molecule has 0 unspecified atom stereocenters. The van der Waals surface area contributed by atoms with Crippen LogP contribution in [-0.4, -0.2) is 104 Å². The fraction of sp³-hybridized carbons (Fsp3) is 0.680. The first-order valence-electron chi connectivity index (χ1n) is 12.4. The maximum Gasteiger partial charge on any atom is 0.307 e. The van der Waals surface area contributed by atoms with Crippen molar-refractivity contribution in [3.8, 4) is 0 Å². The summed E-state index contributed by atoms with van der Waals surface area (Å²) < 4.78 is 49.0. The highest BCUT2D eigenvalue weighted by molar-refractivity contribution is 8.00. The van der Waals surface area contributed by atoms with Crippen LogP contribution >= 0.6 is 11.8 Å². The molecule has 2 aliphatic rings. The molecule has 0 aromatic rings. The predicted octanol–water partition coefficient (Wildman–Crippen LogP) is 0.553. The molecule has 230 valence electrons. The van der Waals surface area contributed by atoms with E-state index in [0.717, 1.165) is 39.5 Å². The molecule has 1 fully saturated rings. The van der Waals surface area contributed by atoms with Crippen LogP contribution in [0.4, 0.5) is 0 Å². The SMILES string of the molecule is CO[C@H]1O[C@H](CS[C@H]2O[C@H](COC(C)=O)[C@H](OC(C)=O)C=C2OC(C)=O)[C@@H](OC(C)=O)[C@H](OC(C)=O)[C@H]1OC(C)=O. The molecule has 0 amide bonds. The molecule has 0 saturated carbocycles. The standard InChI is InChI=1S/C25H34O15S/c1-11(26)33-9-19-17(34-12(2)27)8-18(35-13(3)28)25(40-19)41-10-20-21(36-14(4)29)22(37-15(5)30)23(38-16(6)31)24(32-7)39-20/h8,17,19-25H,9-10H2,1-7H3/t17-,19-,20-,21-,22+,23-,24+,25-/m1/s1. The van der Waals surface area contributed by atoms with E-state index in [9.17, 15) is 28.8 Å². The number of carbonyl (C=O) groups excluding carboxylic acids is 6. The van der Waals surface area contributed by atoms with Gasteiger partial charge in [-0.25, -0.2) is 0 Å². The Morgan fingerprint density at radius 1 is 0.707 bits per heavy atom. The van der Waals surface area contributed by atoms with Gasteiger partial charge in [0.15, 0.2) is 36.1 Å². The van der Waals surface area contributed by atoms with E-state index in [4.69, 9.17) is 42.6 Å². The fourth-order valence-electron chi connectivity index (χ4n) is 4.02. The average molecular weight is 607 g/mol. The maximum atomic E-state index is 12.0. The molecule has 0 bridgehead atoms. The molecule has 0 N–H and O–H groups in total. The van der Waals surface area contributed by atoms with Crippen LogP contribution in [-0.2, 0) is 71.4 Å². The Morgan fingerprint density at radius 3 is 1.78 bits per heavy atom. The second-order valence-electron chi connectivity index (χ2n) is 8.88. The van der Waals surface area contributed by atoms with Gasteiger partial charge in [0, 0.05) is 60.5 Å². The van der Waals surface area contributed by atoms with Crippen LogP contribution in [0.2, 0.25) is 0 Å². The van der Waals surface area contributed by atoms with Gasteiger partial charge in [-0.2, -0.15) is 0 Å². The molecule has 2 aliphatic heterocycles. The normalized spacial score (nSPS) is 29.3. The van der Waals surface area contributed by atoms with Gasteiger partial charge in [0.05, 0.1) is 0 Å². The van der Waals surface area contributed by atoms with Gasteiger partial charge in [0.25, 0.3) is 0 Å². The van der Waals surface area contributed by atoms with Crippen molar-refractivity contribution >= 4 is 47.6 Å². The van der Waals surface area contributed by atoms with Gasteiger partial charge >= 0.3 is 35.8 Å². The van der Waals surface area contributed by atoms with Crippen LogP contribution in [0.1, 0.15) is 41.5 Å². The minimum atomic E-state index is -1.30. The van der Waals surface area contributed by atoms with E-state index >= 15 is 0 Å². The van der Waals surface area contributed by atoms with Crippen LogP contribution < -0.4 is 0 Å². The summed E-state index contributed by atoms with van der Waals surface area (Å²) in [6.45, 7) is 6.66. The molecular formula is C25H34O15S. The highest BCUT2D eigenvalue weighted by Crippen LogP contribution is 2.35. The Hall–Kier alpha value is -3.21. The Morgan fingerprint density at radius 2 is 1.27 bits per heavy atom. The van der Waals surface area contributed by atoms with Gasteiger partial charge in [0.1, 0.15) is 24.6 Å². The number of thioether (sulfide) groups is 1. The van der Waals surface area contributed by atoms with E-state index in [-0.39, 0.29) is 18.1 Å². The number of ether oxygens (including phenoxy) is 9. The predicted molar refractivity (Wildman–Crippen MR) is 135 cm³/mol. The lowest BCUT2D eigenvalue weighted by molar-refractivity contribution is -0.294. The summed E-state index contributed by atoms with van der Waals surface area (Å²) in [4.78, 5) is 70.6. The summed E-state index contributed by atoms with van der Waals surface area (Å²) in [5, 5.41) is 0. The highest BCUT2D eigenvalue weighted by atomic mass is 32.2. The highest BCUT2D eigenvalue weighted by Gasteiger charge is 2.52. The third kappa shape index (κ3) is 10.6. The molecule has 41 heavy (non-hydrogen) atoms. The number of carbonyl (C=O) groups is 6. The molecule has 2 heterocycles. The van der Waals surface area contributed by atoms with E-state index < -0.39 is 84.2 Å². The molecule has 1 saturated heterocycles. The second kappa shape index (κ2) is 15.7. The van der Waals surface area contributed by atoms with Crippen LogP contribution in [0.5, 0.6) is 0 Å². The molecule has 8 atom stereocenters. The Balaban J connectivity index is 2.39. The number of esters is 6. The van der Waals surface area contributed by atoms with Crippen molar-refractivity contribution in [1.82, 2.24) is 0 Å². The van der Waals surface area contributed by atoms with E-state index in [1.165, 1.54) is 27.0 Å². The van der Waals surface area contributed by atoms with Gasteiger partial charge < -0.3 is 42.6 Å². The maximum absolute atomic E-state index is 12.0. The van der Waals surface area contributed by atoms with Gasteiger partial charge in [-0.3, -0.25) is 28.8 Å². The lowest BCUT2D eigenvalue weighted by Crippen LogP contribution is -2.62. The smallest absolute Gasteiger partial charge is 0.307 e. The molecule has 0 aromatic heterocycles. The third-order valence-electron chi connectivity index (χ3n) is 5.38. The zero-order valence-electron chi connectivity index (χ0n) is 23.6. The third-order valence-corrected chi connectivity index (χ3v) is 6.55. The van der Waals surface area contributed by atoms with Crippen molar-refractivity contribution in [3.63, 3.8) is 0 Å². The number of rotatable bonds is 11. The van der Waals surface area contributed by atoms with Crippen LogP contribution in [0.15, 0.2) is 11.8 Å². The van der Waals surface area contributed by atoms with E-state index in [1.54, 1.807) is 0 Å². The Labute approximate surface area is 240 Å². The first-order valence-corrected chi connectivity index (χ1v) is 13.4. The van der Waals surface area contributed by atoms with Crippen molar-refractivity contribution in [3.05, 3.63) is 11.8 Å². The fourth-order valence-corrected chi connectivity index (χ4v) is 5.16. The topological polar surface area (TPSA) is 185 Å². The molecule has 16 heteroatoms. The lowest BCUT2D eigenvalue weighted by atomic mass is 9.98. The monoisotopic (exact) mass is 606 g/mol. The van der Waals surface area contributed by atoms with Crippen molar-refractivity contribution in [1.29, 1.82) is 0 Å². The molecular weight excluding hydrogens is 572 g/mol. The van der Waals surface area contributed by atoms with Gasteiger partial charge in [0.2, 0.25) is 0 Å². The molecule has 0 aromatic carbocycles. The summed E-state index contributed by atoms with van der Waals surface area (Å²) >= 11 is 1.02. The van der Waals surface area contributed by atoms with Crippen LogP contribution in [0, 0.1) is 0 Å². The summed E-state index contributed by atoms with van der Waals surface area (Å²) in [5.41, 5.74) is -1.02. The largest absolute Gasteiger partial charge is 0.463 e. The van der Waals surface area contributed by atoms with Crippen LogP contribution in [0.3, 0.4) is 0 Å². The molecule has 0 spiro atoms. The van der Waals surface area contributed by atoms with E-state index in [2.05, 4.69) is 0 Å².